The molecule has 0 heterocycles. The van der Waals surface area contributed by atoms with Gasteiger partial charge in [0.05, 0.1) is 0 Å². The van der Waals surface area contributed by atoms with E-state index in [1.807, 2.05) is 6.07 Å². The lowest BCUT2D eigenvalue weighted by Gasteiger charge is -2.03. The van der Waals surface area contributed by atoms with Crippen molar-refractivity contribution in [3.8, 4) is 11.8 Å². The standard InChI is InChI=1S/C15H16O/c1-2-3-4-8-15(16)14-10-9-12-6-5-7-13(12)11-14/h9-11H,4-8H2,1H3. The van der Waals surface area contributed by atoms with Gasteiger partial charge < -0.3 is 0 Å². The molecule has 0 aromatic heterocycles. The number of benzene rings is 1. The Morgan fingerprint density at radius 1 is 1.31 bits per heavy atom. The molecule has 1 aromatic carbocycles. The first-order valence-electron chi connectivity index (χ1n) is 5.86. The van der Waals surface area contributed by atoms with Crippen molar-refractivity contribution in [2.24, 2.45) is 0 Å². The first-order valence-corrected chi connectivity index (χ1v) is 5.86. The topological polar surface area (TPSA) is 17.1 Å². The quantitative estimate of drug-likeness (QED) is 0.555. The third-order valence-corrected chi connectivity index (χ3v) is 3.07. The summed E-state index contributed by atoms with van der Waals surface area (Å²) in [6.07, 6.45) is 4.75. The molecule has 0 fully saturated rings. The fraction of sp³-hybridized carbons (Fsp3) is 0.400. The Kier molecular flexibility index (Phi) is 3.41. The Labute approximate surface area is 96.9 Å². The summed E-state index contributed by atoms with van der Waals surface area (Å²) < 4.78 is 0. The van der Waals surface area contributed by atoms with E-state index in [4.69, 9.17) is 0 Å². The molecule has 16 heavy (non-hydrogen) atoms. The highest BCUT2D eigenvalue weighted by Gasteiger charge is 2.13. The third kappa shape index (κ3) is 2.33. The maximum Gasteiger partial charge on any atom is 0.163 e. The van der Waals surface area contributed by atoms with Crippen LogP contribution in [0.25, 0.3) is 0 Å². The van der Waals surface area contributed by atoms with E-state index in [0.29, 0.717) is 12.8 Å². The summed E-state index contributed by atoms with van der Waals surface area (Å²) in [5, 5.41) is 0. The lowest BCUT2D eigenvalue weighted by molar-refractivity contribution is 0.0984. The second-order valence-corrected chi connectivity index (χ2v) is 4.19. The number of hydrogen-bond acceptors (Lipinski definition) is 1. The van der Waals surface area contributed by atoms with Gasteiger partial charge in [-0.25, -0.2) is 0 Å². The maximum absolute atomic E-state index is 11.9. The lowest BCUT2D eigenvalue weighted by atomic mass is 10.0. The second kappa shape index (κ2) is 4.99. The summed E-state index contributed by atoms with van der Waals surface area (Å²) in [7, 11) is 0. The number of rotatable bonds is 3. The molecule has 0 radical (unpaired) electrons. The van der Waals surface area contributed by atoms with Crippen molar-refractivity contribution in [1.82, 2.24) is 0 Å². The summed E-state index contributed by atoms with van der Waals surface area (Å²) in [6, 6.07) is 6.15. The summed E-state index contributed by atoms with van der Waals surface area (Å²) in [4.78, 5) is 11.9. The molecule has 2 rings (SSSR count). The molecule has 0 atom stereocenters. The molecule has 0 N–H and O–H groups in total. The van der Waals surface area contributed by atoms with Crippen molar-refractivity contribution in [2.45, 2.75) is 39.0 Å². The van der Waals surface area contributed by atoms with E-state index < -0.39 is 0 Å². The highest BCUT2D eigenvalue weighted by atomic mass is 16.1. The Morgan fingerprint density at radius 2 is 2.12 bits per heavy atom. The van der Waals surface area contributed by atoms with Crippen molar-refractivity contribution in [3.63, 3.8) is 0 Å². The normalized spacial score (nSPS) is 12.8. The molecule has 0 spiro atoms. The van der Waals surface area contributed by atoms with Gasteiger partial charge in [0.25, 0.3) is 0 Å². The minimum absolute atomic E-state index is 0.220. The van der Waals surface area contributed by atoms with Gasteiger partial charge in [-0.05, 0) is 43.4 Å². The maximum atomic E-state index is 11.9. The SMILES string of the molecule is CC#CCCC(=O)c1ccc2c(c1)CCC2. The van der Waals surface area contributed by atoms with E-state index in [0.717, 1.165) is 12.0 Å². The fourth-order valence-corrected chi connectivity index (χ4v) is 2.19. The average Bonchev–Trinajstić information content (AvgIpc) is 2.76. The van der Waals surface area contributed by atoms with Crippen LogP contribution in [0.1, 0.15) is 47.7 Å². The van der Waals surface area contributed by atoms with Crippen molar-refractivity contribution in [2.75, 3.05) is 0 Å². The van der Waals surface area contributed by atoms with E-state index in [1.54, 1.807) is 6.92 Å². The Bertz CT molecular complexity index is 460. The van der Waals surface area contributed by atoms with Gasteiger partial charge in [0.1, 0.15) is 0 Å². The number of aryl methyl sites for hydroxylation is 2. The van der Waals surface area contributed by atoms with Gasteiger partial charge in [-0.3, -0.25) is 4.79 Å². The largest absolute Gasteiger partial charge is 0.294 e. The van der Waals surface area contributed by atoms with E-state index in [1.165, 1.54) is 24.0 Å². The fourth-order valence-electron chi connectivity index (χ4n) is 2.19. The summed E-state index contributed by atoms with van der Waals surface area (Å²) in [6.45, 7) is 1.81. The van der Waals surface area contributed by atoms with Crippen molar-refractivity contribution < 1.29 is 4.79 Å². The molecular weight excluding hydrogens is 196 g/mol. The van der Waals surface area contributed by atoms with E-state index in [2.05, 4.69) is 24.0 Å². The molecule has 0 aliphatic heterocycles. The number of ketones is 1. The first-order chi connectivity index (χ1) is 7.81. The van der Waals surface area contributed by atoms with Crippen LogP contribution in [0.4, 0.5) is 0 Å². The molecule has 0 amide bonds. The van der Waals surface area contributed by atoms with Crippen LogP contribution >= 0.6 is 0 Å². The number of Topliss-reactive ketones (excluding diaryl/α,β-unsaturated/α-hetero) is 1. The molecule has 0 saturated carbocycles. The van der Waals surface area contributed by atoms with Crippen LogP contribution in [0.15, 0.2) is 18.2 Å². The zero-order valence-corrected chi connectivity index (χ0v) is 9.68. The third-order valence-electron chi connectivity index (χ3n) is 3.07. The minimum Gasteiger partial charge on any atom is -0.294 e. The molecular formula is C15H16O. The number of carbonyl (C=O) groups excluding carboxylic acids is 1. The van der Waals surface area contributed by atoms with Crippen LogP contribution in [0.5, 0.6) is 0 Å². The average molecular weight is 212 g/mol. The van der Waals surface area contributed by atoms with Crippen LogP contribution in [-0.2, 0) is 12.8 Å². The van der Waals surface area contributed by atoms with E-state index in [9.17, 15) is 4.79 Å². The Morgan fingerprint density at radius 3 is 2.94 bits per heavy atom. The van der Waals surface area contributed by atoms with Gasteiger partial charge in [-0.1, -0.05) is 12.1 Å². The molecule has 82 valence electrons. The van der Waals surface area contributed by atoms with Gasteiger partial charge in [0.15, 0.2) is 5.78 Å². The monoisotopic (exact) mass is 212 g/mol. The van der Waals surface area contributed by atoms with Crippen molar-refractivity contribution in [3.05, 3.63) is 34.9 Å². The van der Waals surface area contributed by atoms with Gasteiger partial charge in [-0.15, -0.1) is 11.8 Å². The highest BCUT2D eigenvalue weighted by Crippen LogP contribution is 2.23. The number of hydrogen-bond donors (Lipinski definition) is 0. The second-order valence-electron chi connectivity index (χ2n) is 4.19. The van der Waals surface area contributed by atoms with Crippen LogP contribution in [0.2, 0.25) is 0 Å². The predicted molar refractivity (Wildman–Crippen MR) is 65.5 cm³/mol. The molecule has 1 heteroatoms. The van der Waals surface area contributed by atoms with Crippen LogP contribution in [0.3, 0.4) is 0 Å². The predicted octanol–water partition coefficient (Wildman–Crippen LogP) is 3.16. The molecule has 1 aliphatic rings. The summed E-state index contributed by atoms with van der Waals surface area (Å²) >= 11 is 0. The van der Waals surface area contributed by atoms with Crippen LogP contribution < -0.4 is 0 Å². The Hall–Kier alpha value is -1.55. The highest BCUT2D eigenvalue weighted by molar-refractivity contribution is 5.96. The molecule has 1 aliphatic carbocycles. The van der Waals surface area contributed by atoms with Gasteiger partial charge in [-0.2, -0.15) is 0 Å². The summed E-state index contributed by atoms with van der Waals surface area (Å²) in [5.74, 6) is 5.96. The molecule has 0 bridgehead atoms. The lowest BCUT2D eigenvalue weighted by Crippen LogP contribution is -1.99. The molecule has 0 unspecified atom stereocenters. The first kappa shape index (κ1) is 11.0. The number of fused-ring (bicyclic) bond motifs is 1. The van der Waals surface area contributed by atoms with Crippen molar-refractivity contribution in [1.29, 1.82) is 0 Å². The summed E-state index contributed by atoms with van der Waals surface area (Å²) in [5.41, 5.74) is 3.65. The zero-order valence-electron chi connectivity index (χ0n) is 9.68. The van der Waals surface area contributed by atoms with Gasteiger partial charge in [0.2, 0.25) is 0 Å². The van der Waals surface area contributed by atoms with Gasteiger partial charge in [0, 0.05) is 18.4 Å². The van der Waals surface area contributed by atoms with Crippen molar-refractivity contribution >= 4 is 5.78 Å². The number of carbonyl (C=O) groups is 1. The van der Waals surface area contributed by atoms with Crippen LogP contribution in [-0.4, -0.2) is 5.78 Å². The molecule has 0 saturated heterocycles. The van der Waals surface area contributed by atoms with E-state index in [-0.39, 0.29) is 5.78 Å². The zero-order chi connectivity index (χ0) is 11.4. The van der Waals surface area contributed by atoms with Gasteiger partial charge >= 0.3 is 0 Å². The molecule has 1 nitrogen and oxygen atoms in total. The minimum atomic E-state index is 0.220. The van der Waals surface area contributed by atoms with Crippen LogP contribution in [0, 0.1) is 11.8 Å². The molecule has 1 aromatic rings. The Balaban J connectivity index is 2.08. The smallest absolute Gasteiger partial charge is 0.163 e. The van der Waals surface area contributed by atoms with E-state index >= 15 is 0 Å².